The van der Waals surface area contributed by atoms with E-state index in [0.29, 0.717) is 42.3 Å². The number of carbonyl (C=O) groups is 1. The minimum absolute atomic E-state index is 0.0490. The van der Waals surface area contributed by atoms with E-state index in [2.05, 4.69) is 38.6 Å². The van der Waals surface area contributed by atoms with Gasteiger partial charge in [-0.15, -0.1) is 0 Å². The van der Waals surface area contributed by atoms with E-state index in [9.17, 15) is 4.79 Å². The number of carbonyl (C=O) groups excluding carboxylic acids is 1. The van der Waals surface area contributed by atoms with E-state index in [-0.39, 0.29) is 17.9 Å². The molecule has 0 radical (unpaired) electrons. The van der Waals surface area contributed by atoms with Gasteiger partial charge in [0, 0.05) is 43.0 Å². The molecule has 1 amide bonds. The molecule has 1 aliphatic carbocycles. The molecule has 4 aromatic heterocycles. The smallest absolute Gasteiger partial charge is 0.260 e. The van der Waals surface area contributed by atoms with Crippen molar-refractivity contribution in [3.63, 3.8) is 0 Å². The van der Waals surface area contributed by atoms with Crippen LogP contribution in [0.3, 0.4) is 0 Å². The lowest BCUT2D eigenvalue weighted by molar-refractivity contribution is 0.0742. The summed E-state index contributed by atoms with van der Waals surface area (Å²) in [5, 5.41) is 9.42. The first kappa shape index (κ1) is 20.0. The number of nitrogen functional groups attached to an aromatic ring is 1. The minimum Gasteiger partial charge on any atom is -0.383 e. The molecule has 0 bridgehead atoms. The van der Waals surface area contributed by atoms with Crippen LogP contribution in [0, 0.1) is 0 Å². The molecular formula is C23H26N8O2. The fraction of sp³-hybridized carbons (Fsp3) is 0.435. The third kappa shape index (κ3) is 3.04. The molecule has 1 fully saturated rings. The first-order valence-electron chi connectivity index (χ1n) is 11.3. The number of fused-ring (bicyclic) bond motifs is 5. The number of amides is 1. The monoisotopic (exact) mass is 446 g/mol. The van der Waals surface area contributed by atoms with Crippen molar-refractivity contribution in [2.45, 2.75) is 51.6 Å². The van der Waals surface area contributed by atoms with Gasteiger partial charge in [0.2, 0.25) is 0 Å². The second-order valence-electron chi connectivity index (χ2n) is 9.29. The normalized spacial score (nSPS) is 15.9. The van der Waals surface area contributed by atoms with Crippen LogP contribution in [0.1, 0.15) is 66.0 Å². The van der Waals surface area contributed by atoms with Crippen LogP contribution in [0.5, 0.6) is 0 Å². The van der Waals surface area contributed by atoms with Gasteiger partial charge in [-0.3, -0.25) is 9.48 Å². The zero-order valence-corrected chi connectivity index (χ0v) is 18.9. The number of rotatable bonds is 5. The highest BCUT2D eigenvalue weighted by Gasteiger charge is 2.41. The predicted molar refractivity (Wildman–Crippen MR) is 121 cm³/mol. The van der Waals surface area contributed by atoms with Gasteiger partial charge in [0.05, 0.1) is 18.1 Å². The number of hydrogen-bond acceptors (Lipinski definition) is 7. The third-order valence-corrected chi connectivity index (χ3v) is 6.60. The molecule has 0 aromatic carbocycles. The van der Waals surface area contributed by atoms with Crippen LogP contribution in [0.4, 0.5) is 5.82 Å². The molecule has 6 rings (SSSR count). The van der Waals surface area contributed by atoms with E-state index < -0.39 is 0 Å². The Balaban J connectivity index is 1.56. The Morgan fingerprint density at radius 3 is 2.76 bits per heavy atom. The van der Waals surface area contributed by atoms with E-state index in [1.165, 1.54) is 6.33 Å². The number of anilines is 1. The predicted octanol–water partition coefficient (Wildman–Crippen LogP) is 3.06. The van der Waals surface area contributed by atoms with Crippen LogP contribution in [0.25, 0.3) is 22.3 Å². The number of hydrogen-bond donors (Lipinski definition) is 1. The maximum atomic E-state index is 13.9. The number of nitrogens with zero attached hydrogens (tertiary/aromatic N) is 7. The summed E-state index contributed by atoms with van der Waals surface area (Å²) < 4.78 is 9.72. The maximum absolute atomic E-state index is 13.9. The van der Waals surface area contributed by atoms with Crippen molar-refractivity contribution in [3.8, 4) is 11.3 Å². The van der Waals surface area contributed by atoms with Gasteiger partial charge in [0.25, 0.3) is 5.91 Å². The first-order valence-corrected chi connectivity index (χ1v) is 11.3. The van der Waals surface area contributed by atoms with Gasteiger partial charge in [-0.05, 0) is 38.7 Å². The van der Waals surface area contributed by atoms with Crippen molar-refractivity contribution >= 4 is 22.8 Å². The molecule has 2 aliphatic rings. The molecule has 1 saturated carbocycles. The topological polar surface area (TPSA) is 121 Å². The van der Waals surface area contributed by atoms with Gasteiger partial charge < -0.3 is 19.7 Å². The highest BCUT2D eigenvalue weighted by Crippen LogP contribution is 2.48. The zero-order chi connectivity index (χ0) is 22.9. The molecule has 5 heterocycles. The highest BCUT2D eigenvalue weighted by atomic mass is 16.5. The Labute approximate surface area is 190 Å². The van der Waals surface area contributed by atoms with Crippen molar-refractivity contribution in [3.05, 3.63) is 41.3 Å². The van der Waals surface area contributed by atoms with Gasteiger partial charge in [-0.1, -0.05) is 5.16 Å². The average Bonchev–Trinajstić information content (AvgIpc) is 3.28. The van der Waals surface area contributed by atoms with Crippen molar-refractivity contribution < 1.29 is 9.32 Å². The van der Waals surface area contributed by atoms with Crippen molar-refractivity contribution in [2.24, 2.45) is 7.05 Å². The molecule has 170 valence electrons. The lowest BCUT2D eigenvalue weighted by atomic mass is 10.0. The van der Waals surface area contributed by atoms with Crippen LogP contribution in [0.2, 0.25) is 0 Å². The van der Waals surface area contributed by atoms with Crippen LogP contribution in [0.15, 0.2) is 23.2 Å². The lowest BCUT2D eigenvalue weighted by Gasteiger charge is -2.23. The van der Waals surface area contributed by atoms with Gasteiger partial charge in [0.1, 0.15) is 29.0 Å². The van der Waals surface area contributed by atoms with Crippen molar-refractivity contribution in [1.82, 2.24) is 34.4 Å². The summed E-state index contributed by atoms with van der Waals surface area (Å²) in [6.07, 6.45) is 8.04. The van der Waals surface area contributed by atoms with Gasteiger partial charge in [0.15, 0.2) is 5.76 Å². The van der Waals surface area contributed by atoms with Crippen LogP contribution >= 0.6 is 0 Å². The van der Waals surface area contributed by atoms with E-state index in [1.807, 2.05) is 24.3 Å². The number of aryl methyl sites for hydroxylation is 1. The summed E-state index contributed by atoms with van der Waals surface area (Å²) in [4.78, 5) is 24.6. The molecule has 0 spiro atoms. The molecule has 4 aromatic rings. The molecule has 0 unspecified atom stereocenters. The van der Waals surface area contributed by atoms with Gasteiger partial charge in [-0.2, -0.15) is 5.10 Å². The fourth-order valence-corrected chi connectivity index (χ4v) is 4.93. The summed E-state index contributed by atoms with van der Waals surface area (Å²) in [6, 6.07) is 0.108. The standard InChI is InChI=1S/C23H26N8O2/c1-12(2)31-15-10-30(7-6-13-8-27-29(3)9-13)23(32)18-19(28-33-20(18)14-4-5-14)16(15)17-21(24)25-11-26-22(17)31/h8-9,11-12,14H,4-7,10H2,1-3H3,(H2,24,25,26). The van der Waals surface area contributed by atoms with Crippen molar-refractivity contribution in [2.75, 3.05) is 12.3 Å². The van der Waals surface area contributed by atoms with Gasteiger partial charge >= 0.3 is 0 Å². The number of aromatic nitrogens is 6. The van der Waals surface area contributed by atoms with Crippen molar-refractivity contribution in [1.29, 1.82) is 0 Å². The van der Waals surface area contributed by atoms with Crippen LogP contribution in [-0.2, 0) is 20.0 Å². The fourth-order valence-electron chi connectivity index (χ4n) is 4.93. The Morgan fingerprint density at radius 1 is 1.24 bits per heavy atom. The molecule has 0 atom stereocenters. The summed E-state index contributed by atoms with van der Waals surface area (Å²) >= 11 is 0. The molecule has 0 saturated heterocycles. The lowest BCUT2D eigenvalue weighted by Crippen LogP contribution is -2.33. The maximum Gasteiger partial charge on any atom is 0.260 e. The molecule has 10 nitrogen and oxygen atoms in total. The quantitative estimate of drug-likeness (QED) is 0.500. The van der Waals surface area contributed by atoms with E-state index in [0.717, 1.165) is 40.7 Å². The zero-order valence-electron chi connectivity index (χ0n) is 18.9. The SMILES string of the molecule is CC(C)n1c2c(c3c(N)ncnc31)-c1noc(C3CC3)c1C(=O)N(CCc1cnn(C)c1)C2. The second kappa shape index (κ2) is 7.16. The Hall–Kier alpha value is -3.69. The summed E-state index contributed by atoms with van der Waals surface area (Å²) in [5.74, 6) is 1.27. The largest absolute Gasteiger partial charge is 0.383 e. The first-order chi connectivity index (χ1) is 15.9. The minimum atomic E-state index is -0.0490. The average molecular weight is 447 g/mol. The molecule has 33 heavy (non-hydrogen) atoms. The second-order valence-corrected chi connectivity index (χ2v) is 9.29. The Kier molecular flexibility index (Phi) is 4.33. The summed E-state index contributed by atoms with van der Waals surface area (Å²) in [6.45, 7) is 5.19. The van der Waals surface area contributed by atoms with E-state index in [1.54, 1.807) is 4.68 Å². The Bertz CT molecular complexity index is 1390. The van der Waals surface area contributed by atoms with Gasteiger partial charge in [-0.25, -0.2) is 9.97 Å². The third-order valence-electron chi connectivity index (χ3n) is 6.60. The van der Waals surface area contributed by atoms with Crippen LogP contribution < -0.4 is 5.73 Å². The number of nitrogens with two attached hydrogens (primary N) is 1. The highest BCUT2D eigenvalue weighted by molar-refractivity contribution is 6.09. The molecular weight excluding hydrogens is 420 g/mol. The van der Waals surface area contributed by atoms with E-state index >= 15 is 0 Å². The summed E-state index contributed by atoms with van der Waals surface area (Å²) in [7, 11) is 1.89. The summed E-state index contributed by atoms with van der Waals surface area (Å²) in [5.41, 5.74) is 11.1. The molecule has 2 N–H and O–H groups in total. The van der Waals surface area contributed by atoms with E-state index in [4.69, 9.17) is 10.3 Å². The molecule has 1 aliphatic heterocycles. The van der Waals surface area contributed by atoms with Crippen LogP contribution in [-0.4, -0.2) is 46.8 Å². The Morgan fingerprint density at radius 2 is 2.06 bits per heavy atom. The molecule has 10 heteroatoms.